The fourth-order valence-corrected chi connectivity index (χ4v) is 4.37. The van der Waals surface area contributed by atoms with E-state index in [-0.39, 0.29) is 5.91 Å². The second kappa shape index (κ2) is 8.02. The quantitative estimate of drug-likeness (QED) is 0.607. The molecular weight excluding hydrogens is 394 g/mol. The maximum Gasteiger partial charge on any atom is 0.223 e. The number of rotatable bonds is 6. The third-order valence-electron chi connectivity index (χ3n) is 6.11. The lowest BCUT2D eigenvalue weighted by Gasteiger charge is -2.34. The van der Waals surface area contributed by atoms with Crippen molar-refractivity contribution in [2.24, 2.45) is 0 Å². The summed E-state index contributed by atoms with van der Waals surface area (Å²) < 4.78 is 12.5. The summed E-state index contributed by atoms with van der Waals surface area (Å²) in [5, 5.41) is 12.7. The van der Waals surface area contributed by atoms with Crippen LogP contribution in [-0.4, -0.2) is 45.2 Å². The van der Waals surface area contributed by atoms with Gasteiger partial charge in [0.05, 0.1) is 19.9 Å². The molecule has 8 nitrogen and oxygen atoms in total. The standard InChI is InChI=1S/C23H27N5O3/c1-15-7-6-8-16(2)21(15)28-22(24-25-26-28)23(3)12-11-20(29)27(23)14-17-9-10-18(30-4)19(13-17)31-5/h6-10,13H,11-12,14H2,1-5H3. The summed E-state index contributed by atoms with van der Waals surface area (Å²) >= 11 is 0. The van der Waals surface area contributed by atoms with E-state index in [0.29, 0.717) is 36.7 Å². The van der Waals surface area contributed by atoms with Gasteiger partial charge in [-0.3, -0.25) is 4.79 Å². The topological polar surface area (TPSA) is 82.4 Å². The van der Waals surface area contributed by atoms with E-state index < -0.39 is 5.54 Å². The van der Waals surface area contributed by atoms with Crippen molar-refractivity contribution in [2.75, 3.05) is 14.2 Å². The Labute approximate surface area is 181 Å². The molecular formula is C23H27N5O3. The van der Waals surface area contributed by atoms with Gasteiger partial charge in [0.25, 0.3) is 0 Å². The Balaban J connectivity index is 1.74. The number of ether oxygens (including phenoxy) is 2. The Morgan fingerprint density at radius 3 is 2.45 bits per heavy atom. The van der Waals surface area contributed by atoms with Gasteiger partial charge in [-0.05, 0) is 66.4 Å². The first-order valence-electron chi connectivity index (χ1n) is 10.3. The molecule has 1 amide bonds. The Bertz CT molecular complexity index is 1110. The lowest BCUT2D eigenvalue weighted by atomic mass is 9.96. The highest BCUT2D eigenvalue weighted by Crippen LogP contribution is 2.41. The molecule has 3 aromatic rings. The van der Waals surface area contributed by atoms with Crippen LogP contribution >= 0.6 is 0 Å². The van der Waals surface area contributed by atoms with Gasteiger partial charge in [0.15, 0.2) is 17.3 Å². The summed E-state index contributed by atoms with van der Waals surface area (Å²) in [4.78, 5) is 14.8. The molecule has 1 unspecified atom stereocenters. The molecule has 0 aliphatic carbocycles. The highest BCUT2D eigenvalue weighted by molar-refractivity contribution is 5.80. The predicted octanol–water partition coefficient (Wildman–Crippen LogP) is 3.33. The molecule has 1 atom stereocenters. The van der Waals surface area contributed by atoms with Crippen molar-refractivity contribution in [1.29, 1.82) is 0 Å². The highest BCUT2D eigenvalue weighted by atomic mass is 16.5. The zero-order valence-electron chi connectivity index (χ0n) is 18.5. The van der Waals surface area contributed by atoms with Gasteiger partial charge in [-0.1, -0.05) is 24.3 Å². The summed E-state index contributed by atoms with van der Waals surface area (Å²) in [6, 6.07) is 11.8. The lowest BCUT2D eigenvalue weighted by molar-refractivity contribution is -0.132. The van der Waals surface area contributed by atoms with E-state index in [1.807, 2.05) is 62.1 Å². The molecule has 1 fully saturated rings. The molecule has 0 radical (unpaired) electrons. The van der Waals surface area contributed by atoms with Gasteiger partial charge < -0.3 is 14.4 Å². The molecule has 0 saturated carbocycles. The van der Waals surface area contributed by atoms with E-state index in [0.717, 1.165) is 22.4 Å². The summed E-state index contributed by atoms with van der Waals surface area (Å²) in [5.74, 6) is 2.03. The van der Waals surface area contributed by atoms with Gasteiger partial charge in [0.2, 0.25) is 5.91 Å². The van der Waals surface area contributed by atoms with Crippen molar-refractivity contribution in [3.05, 3.63) is 58.9 Å². The predicted molar refractivity (Wildman–Crippen MR) is 115 cm³/mol. The molecule has 1 aromatic heterocycles. The van der Waals surface area contributed by atoms with E-state index in [9.17, 15) is 4.79 Å². The van der Waals surface area contributed by atoms with Crippen LogP contribution in [0.5, 0.6) is 11.5 Å². The second-order valence-electron chi connectivity index (χ2n) is 8.10. The Hall–Kier alpha value is -3.42. The summed E-state index contributed by atoms with van der Waals surface area (Å²) in [5.41, 5.74) is 3.42. The number of tetrazole rings is 1. The number of likely N-dealkylation sites (tertiary alicyclic amines) is 1. The largest absolute Gasteiger partial charge is 0.493 e. The molecule has 1 aliphatic heterocycles. The Morgan fingerprint density at radius 2 is 1.77 bits per heavy atom. The number of hydrogen-bond donors (Lipinski definition) is 0. The van der Waals surface area contributed by atoms with Crippen LogP contribution in [-0.2, 0) is 16.9 Å². The van der Waals surface area contributed by atoms with E-state index in [2.05, 4.69) is 15.5 Å². The number of methoxy groups -OCH3 is 2. The van der Waals surface area contributed by atoms with Crippen molar-refractivity contribution >= 4 is 5.91 Å². The van der Waals surface area contributed by atoms with Crippen molar-refractivity contribution in [2.45, 2.75) is 45.7 Å². The molecule has 4 rings (SSSR count). The average molecular weight is 422 g/mol. The van der Waals surface area contributed by atoms with Crippen molar-refractivity contribution in [3.8, 4) is 17.2 Å². The monoisotopic (exact) mass is 421 g/mol. The summed E-state index contributed by atoms with van der Waals surface area (Å²) in [6.45, 7) is 6.54. The second-order valence-corrected chi connectivity index (χ2v) is 8.10. The third kappa shape index (κ3) is 3.52. The zero-order valence-corrected chi connectivity index (χ0v) is 18.5. The van der Waals surface area contributed by atoms with Gasteiger partial charge in [0.1, 0.15) is 5.54 Å². The van der Waals surface area contributed by atoms with Crippen LogP contribution in [0, 0.1) is 13.8 Å². The molecule has 162 valence electrons. The number of carbonyl (C=O) groups excluding carboxylic acids is 1. The van der Waals surface area contributed by atoms with Crippen LogP contribution in [0.15, 0.2) is 36.4 Å². The molecule has 0 N–H and O–H groups in total. The van der Waals surface area contributed by atoms with Crippen molar-refractivity contribution in [3.63, 3.8) is 0 Å². The number of para-hydroxylation sites is 1. The number of benzene rings is 2. The molecule has 2 aromatic carbocycles. The minimum absolute atomic E-state index is 0.0772. The Kier molecular flexibility index (Phi) is 5.39. The van der Waals surface area contributed by atoms with E-state index >= 15 is 0 Å². The molecule has 1 aliphatic rings. The maximum absolute atomic E-state index is 12.9. The number of aryl methyl sites for hydroxylation is 2. The number of aromatic nitrogens is 4. The van der Waals surface area contributed by atoms with Gasteiger partial charge in [-0.25, -0.2) is 0 Å². The van der Waals surface area contributed by atoms with E-state index in [4.69, 9.17) is 9.47 Å². The number of carbonyl (C=O) groups is 1. The molecule has 0 bridgehead atoms. The Morgan fingerprint density at radius 1 is 1.06 bits per heavy atom. The van der Waals surface area contributed by atoms with Crippen LogP contribution in [0.3, 0.4) is 0 Å². The summed E-state index contributed by atoms with van der Waals surface area (Å²) in [6.07, 6.45) is 1.09. The van der Waals surface area contributed by atoms with Crippen LogP contribution in [0.1, 0.15) is 42.3 Å². The van der Waals surface area contributed by atoms with Crippen molar-refractivity contribution < 1.29 is 14.3 Å². The fraction of sp³-hybridized carbons (Fsp3) is 0.391. The maximum atomic E-state index is 12.9. The van der Waals surface area contributed by atoms with Crippen LogP contribution in [0.4, 0.5) is 0 Å². The van der Waals surface area contributed by atoms with Crippen LogP contribution < -0.4 is 9.47 Å². The van der Waals surface area contributed by atoms with Crippen LogP contribution in [0.2, 0.25) is 0 Å². The molecule has 31 heavy (non-hydrogen) atoms. The highest BCUT2D eigenvalue weighted by Gasteiger charge is 2.47. The minimum Gasteiger partial charge on any atom is -0.493 e. The summed E-state index contributed by atoms with van der Waals surface area (Å²) in [7, 11) is 3.21. The SMILES string of the molecule is COc1ccc(CN2C(=O)CCC2(C)c2nnnn2-c2c(C)cccc2C)cc1OC. The van der Waals surface area contributed by atoms with E-state index in [1.165, 1.54) is 0 Å². The first-order chi connectivity index (χ1) is 14.9. The van der Waals surface area contributed by atoms with E-state index in [1.54, 1.807) is 18.9 Å². The fourth-order valence-electron chi connectivity index (χ4n) is 4.37. The minimum atomic E-state index is -0.636. The molecule has 1 saturated heterocycles. The molecule has 0 spiro atoms. The third-order valence-corrected chi connectivity index (χ3v) is 6.11. The first-order valence-corrected chi connectivity index (χ1v) is 10.3. The van der Waals surface area contributed by atoms with Gasteiger partial charge >= 0.3 is 0 Å². The zero-order chi connectivity index (χ0) is 22.2. The number of amides is 1. The van der Waals surface area contributed by atoms with Crippen molar-refractivity contribution in [1.82, 2.24) is 25.1 Å². The molecule has 8 heteroatoms. The van der Waals surface area contributed by atoms with Gasteiger partial charge in [-0.15, -0.1) is 5.10 Å². The lowest BCUT2D eigenvalue weighted by Crippen LogP contribution is -2.42. The number of hydrogen-bond acceptors (Lipinski definition) is 6. The smallest absolute Gasteiger partial charge is 0.223 e. The molecule has 2 heterocycles. The van der Waals surface area contributed by atoms with Gasteiger partial charge in [-0.2, -0.15) is 4.68 Å². The van der Waals surface area contributed by atoms with Crippen LogP contribution in [0.25, 0.3) is 5.69 Å². The average Bonchev–Trinajstić information content (AvgIpc) is 3.35. The normalized spacial score (nSPS) is 18.5. The van der Waals surface area contributed by atoms with Gasteiger partial charge in [0, 0.05) is 13.0 Å². The first kappa shape index (κ1) is 20.8. The number of nitrogens with zero attached hydrogens (tertiary/aromatic N) is 5.